The highest BCUT2D eigenvalue weighted by atomic mass is 14.6. The lowest BCUT2D eigenvalue weighted by molar-refractivity contribution is 0.115. The summed E-state index contributed by atoms with van der Waals surface area (Å²) >= 11 is 0. The monoisotopic (exact) mass is 767 g/mol. The lowest BCUT2D eigenvalue weighted by Gasteiger charge is -2.51. The molecule has 0 heteroatoms. The van der Waals surface area contributed by atoms with Crippen molar-refractivity contribution in [1.82, 2.24) is 0 Å². The molecule has 0 aliphatic heterocycles. The van der Waals surface area contributed by atoms with Gasteiger partial charge in [0.2, 0.25) is 0 Å². The second-order valence-electron chi connectivity index (χ2n) is 20.5. The van der Waals surface area contributed by atoms with Crippen molar-refractivity contribution in [3.05, 3.63) is 134 Å². The predicted molar refractivity (Wildman–Crippen MR) is 246 cm³/mol. The number of fused-ring (bicyclic) bond motifs is 11. The number of rotatable bonds is 15. The normalized spacial score (nSPS) is 33.1. The Labute approximate surface area is 351 Å². The SMILES string of the molecule is CCCCCCCCC1=C2c3cccc4c3C(CC=C4)C2C(C(CC)CCCCCCC)C2C=C3C4=CC=C5C6=Cc7ccccc7CC6C6CC=C(C3CC12)C4C56. The van der Waals surface area contributed by atoms with Crippen LogP contribution in [0.1, 0.15) is 164 Å². The standard InChI is InChI=1S/C58H70/c1-4-7-9-11-13-15-25-40-51-34-49-43-30-28-41-47-32-38-21-16-17-22-39(38)33-48(47)42-29-31-44(56(43)55(41)42)50(49)35-52(51)54(36(6-3)20-14-12-10-8-5-2)58-46-27-19-24-37-23-18-26-45(53(37)46)57(40)58/h16-19,21-24,26,29-31,33,35-36,41,46-47,49,51-52,54-56,58H,4-15,20,25,27-28,32,34H2,1-3H3. The molecule has 2 aromatic carbocycles. The number of hydrogen-bond acceptors (Lipinski definition) is 0. The van der Waals surface area contributed by atoms with Crippen LogP contribution in [0, 0.1) is 59.2 Å². The minimum atomic E-state index is 0.615. The molecule has 0 bridgehead atoms. The fraction of sp³-hybridized carbons (Fsp3) is 0.552. The number of hydrogen-bond donors (Lipinski definition) is 0. The van der Waals surface area contributed by atoms with E-state index in [4.69, 9.17) is 0 Å². The molecule has 0 spiro atoms. The van der Waals surface area contributed by atoms with Gasteiger partial charge >= 0.3 is 0 Å². The minimum Gasteiger partial charge on any atom is -0.0838 e. The second-order valence-corrected chi connectivity index (χ2v) is 20.5. The summed E-state index contributed by atoms with van der Waals surface area (Å²) in [6.45, 7) is 7.30. The molecule has 9 aliphatic rings. The molecule has 11 unspecified atom stereocenters. The molecule has 11 rings (SSSR count). The summed E-state index contributed by atoms with van der Waals surface area (Å²) in [4.78, 5) is 0. The van der Waals surface area contributed by atoms with Gasteiger partial charge in [-0.2, -0.15) is 0 Å². The first kappa shape index (κ1) is 37.6. The number of allylic oxidation sites excluding steroid dienone is 12. The molecule has 9 aliphatic carbocycles. The van der Waals surface area contributed by atoms with E-state index >= 15 is 0 Å². The molecule has 0 saturated heterocycles. The van der Waals surface area contributed by atoms with Gasteiger partial charge in [0.15, 0.2) is 0 Å². The van der Waals surface area contributed by atoms with E-state index in [2.05, 4.69) is 106 Å². The molecule has 0 aromatic heterocycles. The Hall–Kier alpha value is -3.38. The predicted octanol–water partition coefficient (Wildman–Crippen LogP) is 15.8. The van der Waals surface area contributed by atoms with Crippen LogP contribution in [0.15, 0.2) is 106 Å². The highest BCUT2D eigenvalue weighted by Crippen LogP contribution is 2.70. The van der Waals surface area contributed by atoms with Crippen LogP contribution in [0.5, 0.6) is 0 Å². The van der Waals surface area contributed by atoms with Gasteiger partial charge in [-0.05, 0) is 147 Å². The van der Waals surface area contributed by atoms with Crippen molar-refractivity contribution in [3.63, 3.8) is 0 Å². The van der Waals surface area contributed by atoms with Gasteiger partial charge in [0.05, 0.1) is 0 Å². The quantitative estimate of drug-likeness (QED) is 0.125. The Bertz CT molecular complexity index is 2150. The van der Waals surface area contributed by atoms with E-state index in [0.29, 0.717) is 47.3 Å². The van der Waals surface area contributed by atoms with E-state index in [1.165, 1.54) is 127 Å². The Morgan fingerprint density at radius 2 is 1.48 bits per heavy atom. The van der Waals surface area contributed by atoms with E-state index < -0.39 is 0 Å². The third kappa shape index (κ3) is 5.86. The summed E-state index contributed by atoms with van der Waals surface area (Å²) in [6.07, 6.45) is 43.4. The van der Waals surface area contributed by atoms with Gasteiger partial charge in [-0.3, -0.25) is 0 Å². The van der Waals surface area contributed by atoms with Crippen molar-refractivity contribution in [3.8, 4) is 0 Å². The molecule has 0 nitrogen and oxygen atoms in total. The van der Waals surface area contributed by atoms with Crippen molar-refractivity contribution in [1.29, 1.82) is 0 Å². The first-order valence-corrected chi connectivity index (χ1v) is 24.9. The van der Waals surface area contributed by atoms with E-state index in [-0.39, 0.29) is 0 Å². The Balaban J connectivity index is 1.02. The molecular weight excluding hydrogens is 697 g/mol. The van der Waals surface area contributed by atoms with Crippen LogP contribution in [0.3, 0.4) is 0 Å². The summed E-state index contributed by atoms with van der Waals surface area (Å²) in [5, 5.41) is 0. The molecule has 58 heavy (non-hydrogen) atoms. The number of unbranched alkanes of at least 4 members (excludes halogenated alkanes) is 9. The summed E-state index contributed by atoms with van der Waals surface area (Å²) < 4.78 is 0. The summed E-state index contributed by atoms with van der Waals surface area (Å²) in [6, 6.07) is 16.7. The molecule has 0 heterocycles. The molecule has 11 atom stereocenters. The smallest absolute Gasteiger partial charge is 0.0129 e. The first-order chi connectivity index (χ1) is 28.7. The summed E-state index contributed by atoms with van der Waals surface area (Å²) in [7, 11) is 0. The van der Waals surface area contributed by atoms with Gasteiger partial charge in [-0.15, -0.1) is 0 Å². The highest BCUT2D eigenvalue weighted by molar-refractivity contribution is 5.84. The van der Waals surface area contributed by atoms with E-state index in [1.54, 1.807) is 39.0 Å². The second kappa shape index (κ2) is 15.6. The summed E-state index contributed by atoms with van der Waals surface area (Å²) in [5.74, 6) is 7.60. The van der Waals surface area contributed by atoms with Crippen molar-refractivity contribution < 1.29 is 0 Å². The summed E-state index contributed by atoms with van der Waals surface area (Å²) in [5.41, 5.74) is 20.6. The molecule has 0 radical (unpaired) electrons. The van der Waals surface area contributed by atoms with Crippen LogP contribution in [0.4, 0.5) is 0 Å². The topological polar surface area (TPSA) is 0 Å². The highest BCUT2D eigenvalue weighted by Gasteiger charge is 2.59. The van der Waals surface area contributed by atoms with Gasteiger partial charge in [0.25, 0.3) is 0 Å². The molecular formula is C58H70. The molecule has 302 valence electrons. The van der Waals surface area contributed by atoms with Crippen LogP contribution >= 0.6 is 0 Å². The van der Waals surface area contributed by atoms with Crippen LogP contribution in [-0.2, 0) is 6.42 Å². The fourth-order valence-electron chi connectivity index (χ4n) is 15.6. The maximum Gasteiger partial charge on any atom is 0.0129 e. The number of benzene rings is 2. The van der Waals surface area contributed by atoms with Crippen LogP contribution in [-0.4, -0.2) is 0 Å². The van der Waals surface area contributed by atoms with Gasteiger partial charge in [-0.25, -0.2) is 0 Å². The average molecular weight is 767 g/mol. The molecule has 2 fully saturated rings. The average Bonchev–Trinajstić information content (AvgIpc) is 3.88. The maximum atomic E-state index is 3.04. The molecule has 2 saturated carbocycles. The Morgan fingerprint density at radius 1 is 0.690 bits per heavy atom. The lowest BCUT2D eigenvalue weighted by Crippen LogP contribution is -2.42. The Morgan fingerprint density at radius 3 is 2.34 bits per heavy atom. The minimum absolute atomic E-state index is 0.615. The fourth-order valence-corrected chi connectivity index (χ4v) is 15.6. The first-order valence-electron chi connectivity index (χ1n) is 24.9. The van der Waals surface area contributed by atoms with Crippen LogP contribution in [0.25, 0.3) is 17.7 Å². The van der Waals surface area contributed by atoms with Crippen LogP contribution in [0.2, 0.25) is 0 Å². The van der Waals surface area contributed by atoms with E-state index in [9.17, 15) is 0 Å². The largest absolute Gasteiger partial charge is 0.0838 e. The van der Waals surface area contributed by atoms with Crippen molar-refractivity contribution in [2.75, 3.05) is 0 Å². The van der Waals surface area contributed by atoms with Gasteiger partial charge in [0, 0.05) is 11.8 Å². The zero-order valence-corrected chi connectivity index (χ0v) is 36.2. The van der Waals surface area contributed by atoms with Crippen molar-refractivity contribution >= 4 is 17.7 Å². The van der Waals surface area contributed by atoms with Crippen molar-refractivity contribution in [2.45, 2.75) is 142 Å². The third-order valence-electron chi connectivity index (χ3n) is 17.9. The lowest BCUT2D eigenvalue weighted by atomic mass is 9.53. The van der Waals surface area contributed by atoms with Gasteiger partial charge < -0.3 is 0 Å². The van der Waals surface area contributed by atoms with Gasteiger partial charge in [-0.1, -0.05) is 194 Å². The molecule has 0 amide bonds. The zero-order valence-electron chi connectivity index (χ0n) is 36.2. The Kier molecular flexibility index (Phi) is 10.1. The van der Waals surface area contributed by atoms with Crippen LogP contribution < -0.4 is 0 Å². The molecule has 2 aromatic rings. The van der Waals surface area contributed by atoms with Crippen molar-refractivity contribution in [2.24, 2.45) is 59.2 Å². The molecule has 0 N–H and O–H groups in total. The third-order valence-corrected chi connectivity index (χ3v) is 17.9. The van der Waals surface area contributed by atoms with E-state index in [0.717, 1.165) is 17.8 Å². The van der Waals surface area contributed by atoms with Gasteiger partial charge in [0.1, 0.15) is 0 Å². The van der Waals surface area contributed by atoms with E-state index in [1.807, 2.05) is 16.7 Å². The maximum absolute atomic E-state index is 3.04. The zero-order chi connectivity index (χ0) is 38.9.